The lowest BCUT2D eigenvalue weighted by molar-refractivity contribution is 0.200. The molecule has 0 atom stereocenters. The molecule has 0 radical (unpaired) electrons. The van der Waals surface area contributed by atoms with Crippen molar-refractivity contribution in [3.05, 3.63) is 29.8 Å². The number of thiocarbonyl (C=S) groups is 1. The number of hydrogen-bond acceptors (Lipinski definition) is 3. The molecule has 106 valence electrons. The molecule has 0 heterocycles. The van der Waals surface area contributed by atoms with Crippen LogP contribution in [0.25, 0.3) is 0 Å². The highest BCUT2D eigenvalue weighted by Crippen LogP contribution is 2.12. The molecular weight excluding hydrogens is 256 g/mol. The summed E-state index contributed by atoms with van der Waals surface area (Å²) in [6, 6.07) is 7.60. The largest absolute Gasteiger partial charge is 0.492 e. The molecule has 0 bridgehead atoms. The fraction of sp³-hybridized carbons (Fsp3) is 0.533. The van der Waals surface area contributed by atoms with Gasteiger partial charge in [-0.3, -0.25) is 4.90 Å². The third kappa shape index (κ3) is 6.03. The van der Waals surface area contributed by atoms with E-state index in [1.807, 2.05) is 24.3 Å². The van der Waals surface area contributed by atoms with E-state index in [-0.39, 0.29) is 0 Å². The van der Waals surface area contributed by atoms with Crippen molar-refractivity contribution in [2.45, 2.75) is 20.8 Å². The second-order valence-electron chi connectivity index (χ2n) is 5.02. The maximum Gasteiger partial charge on any atom is 0.119 e. The molecule has 0 aliphatic rings. The van der Waals surface area contributed by atoms with Crippen LogP contribution in [0.4, 0.5) is 0 Å². The first-order chi connectivity index (χ1) is 9.02. The summed E-state index contributed by atoms with van der Waals surface area (Å²) in [6.07, 6.45) is 0. The molecular formula is C15H24N2OS. The van der Waals surface area contributed by atoms with Crippen molar-refractivity contribution in [3.8, 4) is 5.75 Å². The Morgan fingerprint density at radius 1 is 1.32 bits per heavy atom. The van der Waals surface area contributed by atoms with Gasteiger partial charge in [0.05, 0.1) is 0 Å². The summed E-state index contributed by atoms with van der Waals surface area (Å²) in [5.74, 6) is 1.55. The van der Waals surface area contributed by atoms with E-state index in [0.717, 1.165) is 30.9 Å². The Hall–Kier alpha value is -1.13. The first kappa shape index (κ1) is 15.9. The molecule has 0 aliphatic carbocycles. The van der Waals surface area contributed by atoms with Crippen LogP contribution in [0.5, 0.6) is 5.75 Å². The van der Waals surface area contributed by atoms with Gasteiger partial charge in [0.2, 0.25) is 0 Å². The predicted octanol–water partition coefficient (Wildman–Crippen LogP) is 2.68. The summed E-state index contributed by atoms with van der Waals surface area (Å²) < 4.78 is 5.73. The highest BCUT2D eigenvalue weighted by Gasteiger charge is 2.05. The summed E-state index contributed by atoms with van der Waals surface area (Å²) in [6.45, 7) is 10.5. The highest BCUT2D eigenvalue weighted by molar-refractivity contribution is 7.80. The summed E-state index contributed by atoms with van der Waals surface area (Å²) in [4.78, 5) is 2.81. The van der Waals surface area contributed by atoms with E-state index in [4.69, 9.17) is 22.7 Å². The van der Waals surface area contributed by atoms with Crippen LogP contribution >= 0.6 is 12.2 Å². The number of ether oxygens (including phenoxy) is 1. The third-order valence-electron chi connectivity index (χ3n) is 2.89. The maximum atomic E-state index is 5.73. The normalized spacial score (nSPS) is 11.0. The van der Waals surface area contributed by atoms with Crippen molar-refractivity contribution >= 4 is 17.2 Å². The highest BCUT2D eigenvalue weighted by atomic mass is 32.1. The fourth-order valence-electron chi connectivity index (χ4n) is 1.90. The maximum absolute atomic E-state index is 5.73. The monoisotopic (exact) mass is 280 g/mol. The van der Waals surface area contributed by atoms with E-state index in [1.54, 1.807) is 0 Å². The van der Waals surface area contributed by atoms with Crippen LogP contribution in [0, 0.1) is 5.92 Å². The van der Waals surface area contributed by atoms with Crippen molar-refractivity contribution in [2.75, 3.05) is 26.2 Å². The molecule has 0 saturated heterocycles. The predicted molar refractivity (Wildman–Crippen MR) is 84.8 cm³/mol. The van der Waals surface area contributed by atoms with E-state index in [1.165, 1.54) is 0 Å². The molecule has 4 heteroatoms. The molecule has 2 N–H and O–H groups in total. The smallest absolute Gasteiger partial charge is 0.119 e. The van der Waals surface area contributed by atoms with Crippen molar-refractivity contribution in [1.82, 2.24) is 4.90 Å². The van der Waals surface area contributed by atoms with Gasteiger partial charge < -0.3 is 10.5 Å². The van der Waals surface area contributed by atoms with E-state index in [0.29, 0.717) is 17.5 Å². The van der Waals surface area contributed by atoms with Crippen molar-refractivity contribution in [2.24, 2.45) is 11.7 Å². The average molecular weight is 280 g/mol. The Bertz CT molecular complexity index is 390. The van der Waals surface area contributed by atoms with Crippen LogP contribution in [-0.4, -0.2) is 36.1 Å². The Morgan fingerprint density at radius 3 is 2.42 bits per heavy atom. The molecule has 19 heavy (non-hydrogen) atoms. The zero-order chi connectivity index (χ0) is 14.3. The van der Waals surface area contributed by atoms with Crippen LogP contribution < -0.4 is 10.5 Å². The lowest BCUT2D eigenvalue weighted by Gasteiger charge is -2.22. The minimum atomic E-state index is 0.417. The van der Waals surface area contributed by atoms with Gasteiger partial charge in [-0.1, -0.05) is 33.0 Å². The number of nitrogens with two attached hydrogens (primary N) is 1. The quantitative estimate of drug-likeness (QED) is 0.743. The second-order valence-corrected chi connectivity index (χ2v) is 5.46. The van der Waals surface area contributed by atoms with Gasteiger partial charge in [-0.05, 0) is 36.7 Å². The first-order valence-electron chi connectivity index (χ1n) is 6.78. The Kier molecular flexibility index (Phi) is 6.81. The third-order valence-corrected chi connectivity index (χ3v) is 3.12. The van der Waals surface area contributed by atoms with Crippen LogP contribution in [0.1, 0.15) is 26.3 Å². The summed E-state index contributed by atoms with van der Waals surface area (Å²) >= 11 is 4.91. The number of nitrogens with zero attached hydrogens (tertiary/aromatic N) is 1. The lowest BCUT2D eigenvalue weighted by Crippen LogP contribution is -2.31. The molecule has 0 unspecified atom stereocenters. The minimum absolute atomic E-state index is 0.417. The van der Waals surface area contributed by atoms with Crippen LogP contribution in [0.3, 0.4) is 0 Å². The van der Waals surface area contributed by atoms with Gasteiger partial charge in [0.25, 0.3) is 0 Å². The van der Waals surface area contributed by atoms with Crippen molar-refractivity contribution in [1.29, 1.82) is 0 Å². The molecule has 1 aromatic carbocycles. The van der Waals surface area contributed by atoms with Crippen molar-refractivity contribution < 1.29 is 4.74 Å². The van der Waals surface area contributed by atoms with E-state index >= 15 is 0 Å². The van der Waals surface area contributed by atoms with Gasteiger partial charge in [-0.15, -0.1) is 0 Å². The zero-order valence-electron chi connectivity index (χ0n) is 12.1. The van der Waals surface area contributed by atoms with Crippen LogP contribution in [-0.2, 0) is 0 Å². The summed E-state index contributed by atoms with van der Waals surface area (Å²) in [7, 11) is 0. The minimum Gasteiger partial charge on any atom is -0.492 e. The molecule has 0 amide bonds. The topological polar surface area (TPSA) is 38.5 Å². The van der Waals surface area contributed by atoms with E-state index < -0.39 is 0 Å². The van der Waals surface area contributed by atoms with Crippen LogP contribution in [0.2, 0.25) is 0 Å². The summed E-state index contributed by atoms with van der Waals surface area (Å²) in [5.41, 5.74) is 6.42. The summed E-state index contributed by atoms with van der Waals surface area (Å²) in [5, 5.41) is 0. The molecule has 0 aliphatic heterocycles. The molecule has 0 fully saturated rings. The number of hydrogen-bond donors (Lipinski definition) is 1. The zero-order valence-corrected chi connectivity index (χ0v) is 12.9. The van der Waals surface area contributed by atoms with Gasteiger partial charge in [0, 0.05) is 18.7 Å². The molecule has 0 saturated carbocycles. The van der Waals surface area contributed by atoms with Gasteiger partial charge in [-0.25, -0.2) is 0 Å². The van der Waals surface area contributed by atoms with Crippen LogP contribution in [0.15, 0.2) is 24.3 Å². The van der Waals surface area contributed by atoms with Gasteiger partial charge in [0.15, 0.2) is 0 Å². The van der Waals surface area contributed by atoms with E-state index in [9.17, 15) is 0 Å². The number of likely N-dealkylation sites (N-methyl/N-ethyl adjacent to an activating group) is 1. The second kappa shape index (κ2) is 8.12. The standard InChI is InChI=1S/C15H24N2OS/c1-4-17(11-12(2)3)9-10-18-14-7-5-13(6-8-14)15(16)19/h5-8,12H,4,9-11H2,1-3H3,(H2,16,19). The van der Waals surface area contributed by atoms with E-state index in [2.05, 4.69) is 25.7 Å². The Morgan fingerprint density at radius 2 is 1.95 bits per heavy atom. The average Bonchev–Trinajstić information content (AvgIpc) is 2.37. The fourth-order valence-corrected chi connectivity index (χ4v) is 2.04. The lowest BCUT2D eigenvalue weighted by atomic mass is 10.2. The van der Waals surface area contributed by atoms with Gasteiger partial charge in [-0.2, -0.15) is 0 Å². The molecule has 1 rings (SSSR count). The SMILES string of the molecule is CCN(CCOc1ccc(C(N)=S)cc1)CC(C)C. The van der Waals surface area contributed by atoms with Gasteiger partial charge >= 0.3 is 0 Å². The number of rotatable bonds is 8. The first-order valence-corrected chi connectivity index (χ1v) is 7.18. The number of benzene rings is 1. The Balaban J connectivity index is 2.37. The molecule has 0 aromatic heterocycles. The Labute approximate surface area is 121 Å². The van der Waals surface area contributed by atoms with Gasteiger partial charge in [0.1, 0.15) is 17.3 Å². The van der Waals surface area contributed by atoms with Crippen molar-refractivity contribution in [3.63, 3.8) is 0 Å². The molecule has 1 aromatic rings. The molecule has 0 spiro atoms. The molecule has 3 nitrogen and oxygen atoms in total.